The van der Waals surface area contributed by atoms with Gasteiger partial charge in [0, 0.05) is 12.8 Å². The molecule has 0 aromatic carbocycles. The summed E-state index contributed by atoms with van der Waals surface area (Å²) in [7, 11) is -4.71. The highest BCUT2D eigenvalue weighted by molar-refractivity contribution is 7.47. The van der Waals surface area contributed by atoms with Gasteiger partial charge in [-0.2, -0.15) is 0 Å². The van der Waals surface area contributed by atoms with Gasteiger partial charge in [-0.3, -0.25) is 23.4 Å². The molecule has 0 amide bonds. The number of carbonyl (C=O) groups excluding carboxylic acids is 2. The zero-order valence-corrected chi connectivity index (χ0v) is 31.9. The number of allylic oxidation sites excluding steroid dienone is 6. The van der Waals surface area contributed by atoms with E-state index in [1.807, 2.05) is 0 Å². The molecule has 50 heavy (non-hydrogen) atoms. The summed E-state index contributed by atoms with van der Waals surface area (Å²) in [6, 6.07) is -1.52. The summed E-state index contributed by atoms with van der Waals surface area (Å²) in [5.74, 6) is -2.40. The predicted octanol–water partition coefficient (Wildman–Crippen LogP) is 9.28. The maximum atomic E-state index is 12.5. The van der Waals surface area contributed by atoms with Gasteiger partial charge in [-0.15, -0.1) is 0 Å². The van der Waals surface area contributed by atoms with Crippen molar-refractivity contribution in [2.45, 2.75) is 167 Å². The fourth-order valence-electron chi connectivity index (χ4n) is 4.90. The fraction of sp³-hybridized carbons (Fsp3) is 0.763. The molecule has 0 aliphatic carbocycles. The Morgan fingerprint density at radius 3 is 1.68 bits per heavy atom. The van der Waals surface area contributed by atoms with E-state index < -0.39 is 51.1 Å². The van der Waals surface area contributed by atoms with Crippen molar-refractivity contribution >= 4 is 25.7 Å². The number of aliphatic carboxylic acids is 1. The average molecular weight is 730 g/mol. The maximum absolute atomic E-state index is 12.5. The lowest BCUT2D eigenvalue weighted by Gasteiger charge is -2.20. The van der Waals surface area contributed by atoms with Crippen molar-refractivity contribution in [3.8, 4) is 0 Å². The number of hydrogen-bond donors (Lipinski definition) is 3. The molecule has 1 unspecified atom stereocenters. The van der Waals surface area contributed by atoms with Crippen LogP contribution < -0.4 is 5.73 Å². The van der Waals surface area contributed by atoms with E-state index >= 15 is 0 Å². The highest BCUT2D eigenvalue weighted by atomic mass is 31.2. The van der Waals surface area contributed by atoms with Crippen LogP contribution in [0.3, 0.4) is 0 Å². The molecule has 11 nitrogen and oxygen atoms in total. The van der Waals surface area contributed by atoms with Crippen LogP contribution in [0.15, 0.2) is 36.5 Å². The van der Waals surface area contributed by atoms with Gasteiger partial charge in [0.1, 0.15) is 12.6 Å². The molecule has 290 valence electrons. The van der Waals surface area contributed by atoms with Gasteiger partial charge in [0.05, 0.1) is 13.2 Å². The summed E-state index contributed by atoms with van der Waals surface area (Å²) in [6.45, 7) is 2.64. The molecule has 0 saturated carbocycles. The third kappa shape index (κ3) is 32.9. The van der Waals surface area contributed by atoms with Gasteiger partial charge in [-0.25, -0.2) is 4.57 Å². The van der Waals surface area contributed by atoms with Crippen LogP contribution in [0.4, 0.5) is 0 Å². The summed E-state index contributed by atoms with van der Waals surface area (Å²) in [5, 5.41) is 8.85. The summed E-state index contributed by atoms with van der Waals surface area (Å²) < 4.78 is 32.5. The Morgan fingerprint density at radius 2 is 1.12 bits per heavy atom. The van der Waals surface area contributed by atoms with Gasteiger partial charge in [0.25, 0.3) is 0 Å². The normalized spacial score (nSPS) is 14.3. The first-order valence-electron chi connectivity index (χ1n) is 19.0. The van der Waals surface area contributed by atoms with E-state index in [-0.39, 0.29) is 19.4 Å². The minimum absolute atomic E-state index is 0.142. The number of carbonyl (C=O) groups is 3. The van der Waals surface area contributed by atoms with Crippen molar-refractivity contribution in [3.05, 3.63) is 36.5 Å². The minimum Gasteiger partial charge on any atom is -0.480 e. The third-order valence-electron chi connectivity index (χ3n) is 7.90. The lowest BCUT2D eigenvalue weighted by Crippen LogP contribution is -2.34. The van der Waals surface area contributed by atoms with Crippen molar-refractivity contribution in [2.24, 2.45) is 5.73 Å². The van der Waals surface area contributed by atoms with Gasteiger partial charge in [-0.05, 0) is 44.9 Å². The van der Waals surface area contributed by atoms with E-state index in [4.69, 9.17) is 24.8 Å². The second-order valence-corrected chi connectivity index (χ2v) is 14.1. The molecule has 0 aromatic heterocycles. The van der Waals surface area contributed by atoms with Crippen LogP contribution in [0.25, 0.3) is 0 Å². The smallest absolute Gasteiger partial charge is 0.472 e. The van der Waals surface area contributed by atoms with Gasteiger partial charge in [0.15, 0.2) is 6.10 Å². The van der Waals surface area contributed by atoms with Crippen molar-refractivity contribution < 1.29 is 47.5 Å². The van der Waals surface area contributed by atoms with Gasteiger partial charge >= 0.3 is 25.7 Å². The van der Waals surface area contributed by atoms with Gasteiger partial charge in [-0.1, -0.05) is 134 Å². The van der Waals surface area contributed by atoms with Crippen LogP contribution in [-0.2, 0) is 37.5 Å². The van der Waals surface area contributed by atoms with Crippen LogP contribution in [0.2, 0.25) is 0 Å². The molecule has 0 aliphatic rings. The predicted molar refractivity (Wildman–Crippen MR) is 199 cm³/mol. The van der Waals surface area contributed by atoms with E-state index in [0.29, 0.717) is 12.8 Å². The lowest BCUT2D eigenvalue weighted by molar-refractivity contribution is -0.161. The van der Waals surface area contributed by atoms with Crippen molar-refractivity contribution in [2.75, 3.05) is 19.8 Å². The molecule has 0 heterocycles. The number of phosphoric ester groups is 1. The first-order chi connectivity index (χ1) is 24.1. The number of phosphoric acid groups is 1. The number of nitrogens with two attached hydrogens (primary N) is 1. The van der Waals surface area contributed by atoms with Crippen molar-refractivity contribution in [1.29, 1.82) is 0 Å². The second kappa shape index (κ2) is 33.8. The Balaban J connectivity index is 4.47. The fourth-order valence-corrected chi connectivity index (χ4v) is 5.68. The zero-order chi connectivity index (χ0) is 37.1. The lowest BCUT2D eigenvalue weighted by atomic mass is 10.1. The Kier molecular flexibility index (Phi) is 32.3. The Morgan fingerprint density at radius 1 is 0.640 bits per heavy atom. The van der Waals surface area contributed by atoms with E-state index in [1.54, 1.807) is 0 Å². The molecular weight excluding hydrogens is 661 g/mol. The molecule has 0 aliphatic heterocycles. The molecule has 0 bridgehead atoms. The van der Waals surface area contributed by atoms with Gasteiger partial charge < -0.3 is 25.2 Å². The van der Waals surface area contributed by atoms with Crippen LogP contribution in [0.5, 0.6) is 0 Å². The number of hydrogen-bond acceptors (Lipinski definition) is 9. The SMILES string of the molecule is CC/C=C\C/C=C\C/C=C\CCCCCCCC(=O)O[C@H](COC(=O)CCCCCCCCCCCCC)COP(=O)(O)OC[C@H](N)C(=O)O. The zero-order valence-electron chi connectivity index (χ0n) is 31.0. The number of carboxylic acids is 1. The van der Waals surface area contributed by atoms with Crippen LogP contribution in [0, 0.1) is 0 Å². The molecule has 0 spiro atoms. The number of esters is 2. The van der Waals surface area contributed by atoms with E-state index in [1.165, 1.54) is 44.9 Å². The standard InChI is InChI=1S/C38H68NO10P/c1-3-5-7-9-11-13-15-16-17-18-20-22-24-26-28-30-37(41)49-34(32-47-50(44,45)48-33-35(39)38(42)43)31-46-36(40)29-27-25-23-21-19-14-12-10-8-6-4-2/h5,7,11,13,16-17,34-35H,3-4,6,8-10,12,14-15,18-33,39H2,1-2H3,(H,42,43)(H,44,45)/b7-5-,13-11-,17-16-/t34-,35+/m1/s1. The van der Waals surface area contributed by atoms with Crippen LogP contribution in [0.1, 0.15) is 155 Å². The molecule has 3 atom stereocenters. The Labute approximate surface area is 302 Å². The summed E-state index contributed by atoms with van der Waals surface area (Å²) in [6.07, 6.45) is 33.6. The molecule has 0 fully saturated rings. The highest BCUT2D eigenvalue weighted by Gasteiger charge is 2.28. The number of unbranched alkanes of at least 4 members (excludes halogenated alkanes) is 15. The summed E-state index contributed by atoms with van der Waals surface area (Å²) in [5.41, 5.74) is 5.31. The third-order valence-corrected chi connectivity index (χ3v) is 8.85. The summed E-state index contributed by atoms with van der Waals surface area (Å²) >= 11 is 0. The second-order valence-electron chi connectivity index (χ2n) is 12.7. The molecule has 0 aromatic rings. The molecule has 0 rings (SSSR count). The van der Waals surface area contributed by atoms with E-state index in [9.17, 15) is 23.8 Å². The van der Waals surface area contributed by atoms with E-state index in [2.05, 4.69) is 54.8 Å². The van der Waals surface area contributed by atoms with Gasteiger partial charge in [0.2, 0.25) is 0 Å². The topological polar surface area (TPSA) is 172 Å². The quantitative estimate of drug-likeness (QED) is 0.0246. The van der Waals surface area contributed by atoms with Crippen molar-refractivity contribution in [3.63, 3.8) is 0 Å². The minimum atomic E-state index is -4.71. The molecule has 12 heteroatoms. The summed E-state index contributed by atoms with van der Waals surface area (Å²) in [4.78, 5) is 45.7. The number of rotatable bonds is 35. The Bertz CT molecular complexity index is 1000. The molecule has 0 radical (unpaired) electrons. The highest BCUT2D eigenvalue weighted by Crippen LogP contribution is 2.43. The number of ether oxygens (including phenoxy) is 2. The first-order valence-corrected chi connectivity index (χ1v) is 20.5. The largest absolute Gasteiger partial charge is 0.480 e. The van der Waals surface area contributed by atoms with E-state index in [0.717, 1.165) is 70.6 Å². The monoisotopic (exact) mass is 729 g/mol. The van der Waals surface area contributed by atoms with Crippen LogP contribution >= 0.6 is 7.82 Å². The molecule has 4 N–H and O–H groups in total. The Hall–Kier alpha value is -2.30. The maximum Gasteiger partial charge on any atom is 0.472 e. The van der Waals surface area contributed by atoms with Crippen molar-refractivity contribution in [1.82, 2.24) is 0 Å². The molecule has 0 saturated heterocycles. The number of carboxylic acid groups (broad SMARTS) is 1. The first kappa shape index (κ1) is 47.7. The molecular formula is C38H68NO10P. The average Bonchev–Trinajstić information content (AvgIpc) is 3.09. The van der Waals surface area contributed by atoms with Crippen LogP contribution in [-0.4, -0.2) is 59.9 Å².